The van der Waals surface area contributed by atoms with Crippen molar-refractivity contribution in [2.45, 2.75) is 45.6 Å². The Labute approximate surface area is 133 Å². The zero-order chi connectivity index (χ0) is 15.5. The maximum absolute atomic E-state index is 12.2. The van der Waals surface area contributed by atoms with Crippen LogP contribution in [0.2, 0.25) is 0 Å². The summed E-state index contributed by atoms with van der Waals surface area (Å²) in [6.45, 7) is 8.02. The van der Waals surface area contributed by atoms with Gasteiger partial charge in [0.15, 0.2) is 0 Å². The quantitative estimate of drug-likeness (QED) is 0.878. The summed E-state index contributed by atoms with van der Waals surface area (Å²) in [4.78, 5) is 19.8. The van der Waals surface area contributed by atoms with E-state index in [1.54, 1.807) is 0 Å². The van der Waals surface area contributed by atoms with Gasteiger partial charge in [-0.25, -0.2) is 4.98 Å². The Hall–Kier alpha value is -0.720. The number of aromatic amines is 1. The van der Waals surface area contributed by atoms with E-state index in [2.05, 4.69) is 34.8 Å². The van der Waals surface area contributed by atoms with Gasteiger partial charge < -0.3 is 14.5 Å². The van der Waals surface area contributed by atoms with Gasteiger partial charge in [0.25, 0.3) is 5.56 Å². The van der Waals surface area contributed by atoms with Crippen LogP contribution in [0.25, 0.3) is 0 Å². The molecule has 0 unspecified atom stereocenters. The van der Waals surface area contributed by atoms with Crippen LogP contribution >= 0.6 is 15.9 Å². The number of nitrogens with one attached hydrogen (secondary N) is 1. The van der Waals surface area contributed by atoms with Crippen molar-refractivity contribution in [2.24, 2.45) is 5.92 Å². The molecule has 0 radical (unpaired) electrons. The molecule has 1 N–H and O–H groups in total. The van der Waals surface area contributed by atoms with Gasteiger partial charge in [-0.1, -0.05) is 13.8 Å². The Balaban J connectivity index is 2.45. The molecule has 1 aromatic heterocycles. The van der Waals surface area contributed by atoms with Gasteiger partial charge in [-0.2, -0.15) is 0 Å². The topological polar surface area (TPSA) is 64.2 Å². The van der Waals surface area contributed by atoms with Gasteiger partial charge in [0.05, 0.1) is 5.69 Å². The summed E-state index contributed by atoms with van der Waals surface area (Å²) >= 11 is 3.35. The number of ether oxygens (including phenoxy) is 2. The molecule has 6 heteroatoms. The van der Waals surface area contributed by atoms with Gasteiger partial charge in [0.2, 0.25) is 0 Å². The van der Waals surface area contributed by atoms with Crippen molar-refractivity contribution in [3.63, 3.8) is 0 Å². The number of rotatable bonds is 5. The van der Waals surface area contributed by atoms with Crippen molar-refractivity contribution >= 4 is 15.9 Å². The van der Waals surface area contributed by atoms with Gasteiger partial charge in [-0.3, -0.25) is 4.79 Å². The molecule has 2 rings (SSSR count). The second kappa shape index (κ2) is 7.03. The first-order valence-electron chi connectivity index (χ1n) is 7.49. The zero-order valence-electron chi connectivity index (χ0n) is 12.9. The summed E-state index contributed by atoms with van der Waals surface area (Å²) in [6, 6.07) is 0. The SMILES string of the molecule is CCOC1(c2nc(CC(C)C)c(Br)c(=O)[nH]2)CCOCC1. The van der Waals surface area contributed by atoms with Crippen molar-refractivity contribution in [2.75, 3.05) is 19.8 Å². The molecule has 1 aliphatic rings. The van der Waals surface area contributed by atoms with E-state index < -0.39 is 5.60 Å². The highest BCUT2D eigenvalue weighted by Gasteiger charge is 2.38. The smallest absolute Gasteiger partial charge is 0.265 e. The largest absolute Gasteiger partial charge is 0.381 e. The van der Waals surface area contributed by atoms with Crippen molar-refractivity contribution in [3.05, 3.63) is 26.3 Å². The molecule has 0 amide bonds. The van der Waals surface area contributed by atoms with Gasteiger partial charge in [-0.15, -0.1) is 0 Å². The van der Waals surface area contributed by atoms with E-state index in [0.29, 0.717) is 48.9 Å². The van der Waals surface area contributed by atoms with Crippen LogP contribution in [0, 0.1) is 5.92 Å². The van der Waals surface area contributed by atoms with Crippen LogP contribution in [0.4, 0.5) is 0 Å². The summed E-state index contributed by atoms with van der Waals surface area (Å²) in [5.74, 6) is 1.07. The standard InChI is InChI=1S/C15H23BrN2O3/c1-4-21-15(5-7-20-8-6-15)14-17-11(9-10(2)3)12(16)13(19)18-14/h10H,4-9H2,1-3H3,(H,17,18,19). The molecule has 5 nitrogen and oxygen atoms in total. The Morgan fingerprint density at radius 2 is 2.10 bits per heavy atom. The minimum absolute atomic E-state index is 0.138. The van der Waals surface area contributed by atoms with Crippen molar-refractivity contribution in [1.82, 2.24) is 9.97 Å². The predicted molar refractivity (Wildman–Crippen MR) is 84.5 cm³/mol. The molecule has 118 valence electrons. The first kappa shape index (κ1) is 16.6. The third kappa shape index (κ3) is 3.73. The van der Waals surface area contributed by atoms with E-state index in [0.717, 1.165) is 12.1 Å². The highest BCUT2D eigenvalue weighted by Crippen LogP contribution is 2.34. The Morgan fingerprint density at radius 1 is 1.43 bits per heavy atom. The molecule has 0 bridgehead atoms. The summed E-state index contributed by atoms with van der Waals surface area (Å²) in [5, 5.41) is 0. The molecular formula is C15H23BrN2O3. The lowest BCUT2D eigenvalue weighted by atomic mass is 9.92. The third-order valence-corrected chi connectivity index (χ3v) is 4.50. The van der Waals surface area contributed by atoms with Crippen LogP contribution in [-0.2, 0) is 21.5 Å². The molecule has 1 aromatic rings. The molecular weight excluding hydrogens is 336 g/mol. The molecule has 0 spiro atoms. The lowest BCUT2D eigenvalue weighted by molar-refractivity contribution is -0.118. The van der Waals surface area contributed by atoms with Gasteiger partial charge in [0, 0.05) is 32.7 Å². The fourth-order valence-corrected chi connectivity index (χ4v) is 3.02. The summed E-state index contributed by atoms with van der Waals surface area (Å²) in [7, 11) is 0. The maximum atomic E-state index is 12.2. The fourth-order valence-electron chi connectivity index (χ4n) is 2.67. The van der Waals surface area contributed by atoms with Crippen LogP contribution in [0.5, 0.6) is 0 Å². The average Bonchev–Trinajstić information content (AvgIpc) is 2.44. The second-order valence-corrected chi connectivity index (χ2v) is 6.61. The number of halogens is 1. The summed E-state index contributed by atoms with van der Waals surface area (Å²) < 4.78 is 11.9. The van der Waals surface area contributed by atoms with E-state index >= 15 is 0 Å². The minimum Gasteiger partial charge on any atom is -0.381 e. The maximum Gasteiger partial charge on any atom is 0.265 e. The monoisotopic (exact) mass is 358 g/mol. The van der Waals surface area contributed by atoms with Crippen LogP contribution < -0.4 is 5.56 Å². The van der Waals surface area contributed by atoms with Gasteiger partial charge >= 0.3 is 0 Å². The van der Waals surface area contributed by atoms with E-state index in [-0.39, 0.29) is 5.56 Å². The average molecular weight is 359 g/mol. The summed E-state index contributed by atoms with van der Waals surface area (Å²) in [5.41, 5.74) is 0.133. The number of hydrogen-bond donors (Lipinski definition) is 1. The molecule has 21 heavy (non-hydrogen) atoms. The van der Waals surface area contributed by atoms with E-state index in [1.165, 1.54) is 0 Å². The Morgan fingerprint density at radius 3 is 2.67 bits per heavy atom. The number of nitrogens with zero attached hydrogens (tertiary/aromatic N) is 1. The highest BCUT2D eigenvalue weighted by atomic mass is 79.9. The van der Waals surface area contributed by atoms with Crippen LogP contribution in [0.15, 0.2) is 9.27 Å². The van der Waals surface area contributed by atoms with Crippen LogP contribution in [-0.4, -0.2) is 29.8 Å². The second-order valence-electron chi connectivity index (χ2n) is 5.81. The van der Waals surface area contributed by atoms with E-state index in [9.17, 15) is 4.79 Å². The lowest BCUT2D eigenvalue weighted by Gasteiger charge is -2.36. The summed E-state index contributed by atoms with van der Waals surface area (Å²) in [6.07, 6.45) is 2.19. The van der Waals surface area contributed by atoms with Crippen molar-refractivity contribution in [1.29, 1.82) is 0 Å². The predicted octanol–water partition coefficient (Wildman–Crippen LogP) is 2.77. The first-order valence-corrected chi connectivity index (χ1v) is 8.28. The third-order valence-electron chi connectivity index (χ3n) is 3.69. The lowest BCUT2D eigenvalue weighted by Crippen LogP contribution is -2.40. The molecule has 2 heterocycles. The molecule has 0 aliphatic carbocycles. The normalized spacial score (nSPS) is 18.1. The Kier molecular flexibility index (Phi) is 5.57. The molecule has 1 fully saturated rings. The molecule has 1 saturated heterocycles. The molecule has 0 saturated carbocycles. The molecule has 1 aliphatic heterocycles. The van der Waals surface area contributed by atoms with Crippen molar-refractivity contribution < 1.29 is 9.47 Å². The van der Waals surface area contributed by atoms with Gasteiger partial charge in [0.1, 0.15) is 15.9 Å². The number of H-pyrrole nitrogens is 1. The number of hydrogen-bond acceptors (Lipinski definition) is 4. The highest BCUT2D eigenvalue weighted by molar-refractivity contribution is 9.10. The number of aromatic nitrogens is 2. The van der Waals surface area contributed by atoms with Crippen LogP contribution in [0.3, 0.4) is 0 Å². The Bertz CT molecular complexity index is 531. The first-order chi connectivity index (χ1) is 9.98. The van der Waals surface area contributed by atoms with E-state index in [1.807, 2.05) is 6.92 Å². The van der Waals surface area contributed by atoms with Gasteiger partial charge in [-0.05, 0) is 35.2 Å². The zero-order valence-corrected chi connectivity index (χ0v) is 14.5. The van der Waals surface area contributed by atoms with E-state index in [4.69, 9.17) is 14.5 Å². The van der Waals surface area contributed by atoms with Crippen molar-refractivity contribution in [3.8, 4) is 0 Å². The molecule has 0 aromatic carbocycles. The fraction of sp³-hybridized carbons (Fsp3) is 0.733. The minimum atomic E-state index is -0.529. The molecule has 0 atom stereocenters. The van der Waals surface area contributed by atoms with Crippen LogP contribution in [0.1, 0.15) is 45.1 Å².